The normalized spacial score (nSPS) is 18.1. The Morgan fingerprint density at radius 3 is 1.95 bits per heavy atom. The summed E-state index contributed by atoms with van der Waals surface area (Å²) in [6.07, 6.45) is 15.8. The predicted octanol–water partition coefficient (Wildman–Crippen LogP) is 10.7. The second-order valence-electron chi connectivity index (χ2n) is 11.8. The molecule has 4 rings (SSSR count). The lowest BCUT2D eigenvalue weighted by Gasteiger charge is -2.29. The zero-order chi connectivity index (χ0) is 27.5. The van der Waals surface area contributed by atoms with Crippen LogP contribution in [0, 0.1) is 11.8 Å². The second-order valence-corrected chi connectivity index (χ2v) is 11.8. The van der Waals surface area contributed by atoms with Crippen molar-refractivity contribution < 1.29 is 9.90 Å². The van der Waals surface area contributed by atoms with E-state index < -0.39 is 5.97 Å². The van der Waals surface area contributed by atoms with E-state index in [9.17, 15) is 9.90 Å². The summed E-state index contributed by atoms with van der Waals surface area (Å²) in [4.78, 5) is 11.3. The number of unbranched alkanes of at least 4 members (excludes halogenated alkanes) is 3. The topological polar surface area (TPSA) is 37.3 Å². The maximum absolute atomic E-state index is 11.3. The minimum Gasteiger partial charge on any atom is -0.481 e. The van der Waals surface area contributed by atoms with E-state index in [1.165, 1.54) is 91.2 Å². The van der Waals surface area contributed by atoms with Crippen LogP contribution in [0.3, 0.4) is 0 Å². The summed E-state index contributed by atoms with van der Waals surface area (Å²) < 4.78 is 0. The van der Waals surface area contributed by atoms with Gasteiger partial charge in [-0.25, -0.2) is 0 Å². The van der Waals surface area contributed by atoms with Crippen molar-refractivity contribution in [3.63, 3.8) is 0 Å². The standard InChI is InChI=1S/C37H48O2/c1-3-5-6-7-11-28-16-20-31(21-17-28)32-24-26-34(27-25-32)36-15-9-8-14-35(36)33-22-18-29(19-23-33)12-10-13-30(4-2)37(38)39/h8-9,14-15,18-19,22-28,30-31H,3-7,10-13,16-17,20-21H2,1-2H3,(H,38,39)/t28-,30?,31-. The van der Waals surface area contributed by atoms with Gasteiger partial charge in [-0.15, -0.1) is 0 Å². The highest BCUT2D eigenvalue weighted by molar-refractivity contribution is 5.83. The molecule has 0 spiro atoms. The lowest BCUT2D eigenvalue weighted by molar-refractivity contribution is -0.142. The Balaban J connectivity index is 1.36. The Bertz CT molecular complexity index is 1140. The van der Waals surface area contributed by atoms with Gasteiger partial charge < -0.3 is 5.11 Å². The molecule has 1 saturated carbocycles. The molecule has 1 N–H and O–H groups in total. The number of aliphatic carboxylic acids is 1. The number of carboxylic acids is 1. The van der Waals surface area contributed by atoms with Gasteiger partial charge in [0.2, 0.25) is 0 Å². The van der Waals surface area contributed by atoms with Crippen LogP contribution in [0.4, 0.5) is 0 Å². The molecule has 1 atom stereocenters. The molecular weight excluding hydrogens is 476 g/mol. The van der Waals surface area contributed by atoms with Crippen LogP contribution >= 0.6 is 0 Å². The largest absolute Gasteiger partial charge is 0.481 e. The molecule has 1 aliphatic rings. The minimum atomic E-state index is -0.668. The molecule has 0 aliphatic heterocycles. The van der Waals surface area contributed by atoms with E-state index in [2.05, 4.69) is 79.7 Å². The average Bonchev–Trinajstić information content (AvgIpc) is 2.98. The summed E-state index contributed by atoms with van der Waals surface area (Å²) in [5, 5.41) is 9.28. The molecule has 1 fully saturated rings. The average molecular weight is 525 g/mol. The van der Waals surface area contributed by atoms with Gasteiger partial charge in [-0.2, -0.15) is 0 Å². The highest BCUT2D eigenvalue weighted by Gasteiger charge is 2.22. The summed E-state index contributed by atoms with van der Waals surface area (Å²) in [5.41, 5.74) is 7.84. The Kier molecular flexibility index (Phi) is 11.2. The number of hydrogen-bond acceptors (Lipinski definition) is 1. The zero-order valence-corrected chi connectivity index (χ0v) is 24.2. The molecule has 3 aromatic rings. The van der Waals surface area contributed by atoms with Crippen molar-refractivity contribution in [2.24, 2.45) is 11.8 Å². The molecule has 2 heteroatoms. The van der Waals surface area contributed by atoms with Gasteiger partial charge in [0.15, 0.2) is 0 Å². The Morgan fingerprint density at radius 2 is 1.38 bits per heavy atom. The molecule has 0 saturated heterocycles. The molecule has 0 heterocycles. The molecular formula is C37H48O2. The van der Waals surface area contributed by atoms with E-state index in [1.807, 2.05) is 6.92 Å². The van der Waals surface area contributed by atoms with Crippen LogP contribution in [-0.2, 0) is 11.2 Å². The Labute approximate surface area is 236 Å². The molecule has 39 heavy (non-hydrogen) atoms. The van der Waals surface area contributed by atoms with E-state index in [-0.39, 0.29) is 5.92 Å². The van der Waals surface area contributed by atoms with Crippen LogP contribution in [-0.4, -0.2) is 11.1 Å². The van der Waals surface area contributed by atoms with Crippen LogP contribution in [0.25, 0.3) is 22.3 Å². The molecule has 0 aromatic heterocycles. The number of carbonyl (C=O) groups is 1. The first-order valence-electron chi connectivity index (χ1n) is 15.6. The predicted molar refractivity (Wildman–Crippen MR) is 165 cm³/mol. The third-order valence-electron chi connectivity index (χ3n) is 9.06. The molecule has 2 nitrogen and oxygen atoms in total. The first-order valence-corrected chi connectivity index (χ1v) is 15.6. The molecule has 3 aromatic carbocycles. The van der Waals surface area contributed by atoms with Crippen LogP contribution in [0.15, 0.2) is 72.8 Å². The molecule has 0 amide bonds. The first kappa shape index (κ1) is 29.1. The number of carboxylic acid groups (broad SMARTS) is 1. The van der Waals surface area contributed by atoms with E-state index in [0.29, 0.717) is 6.42 Å². The maximum Gasteiger partial charge on any atom is 0.306 e. The fraction of sp³-hybridized carbons (Fsp3) is 0.486. The van der Waals surface area contributed by atoms with Gasteiger partial charge >= 0.3 is 5.97 Å². The van der Waals surface area contributed by atoms with Crippen LogP contribution in [0.5, 0.6) is 0 Å². The molecule has 1 aliphatic carbocycles. The zero-order valence-electron chi connectivity index (χ0n) is 24.2. The molecule has 208 valence electrons. The third kappa shape index (κ3) is 8.31. The fourth-order valence-electron chi connectivity index (χ4n) is 6.47. The Hall–Kier alpha value is -2.87. The smallest absolute Gasteiger partial charge is 0.306 e. The van der Waals surface area contributed by atoms with E-state index >= 15 is 0 Å². The lowest BCUT2D eigenvalue weighted by Crippen LogP contribution is -2.13. The molecule has 0 bridgehead atoms. The van der Waals surface area contributed by atoms with Crippen molar-refractivity contribution in [1.82, 2.24) is 0 Å². The van der Waals surface area contributed by atoms with Gasteiger partial charge in [0.25, 0.3) is 0 Å². The molecule has 1 unspecified atom stereocenters. The van der Waals surface area contributed by atoms with Gasteiger partial charge in [0.1, 0.15) is 0 Å². The van der Waals surface area contributed by atoms with Gasteiger partial charge in [-0.1, -0.05) is 119 Å². The van der Waals surface area contributed by atoms with Crippen molar-refractivity contribution >= 4 is 5.97 Å². The monoisotopic (exact) mass is 524 g/mol. The summed E-state index contributed by atoms with van der Waals surface area (Å²) in [5.74, 6) is 0.779. The number of rotatable bonds is 14. The van der Waals surface area contributed by atoms with Gasteiger partial charge in [0.05, 0.1) is 5.92 Å². The summed E-state index contributed by atoms with van der Waals surface area (Å²) in [6, 6.07) is 27.0. The summed E-state index contributed by atoms with van der Waals surface area (Å²) in [6.45, 7) is 4.25. The maximum atomic E-state index is 11.3. The van der Waals surface area contributed by atoms with Crippen LogP contribution in [0.2, 0.25) is 0 Å². The highest BCUT2D eigenvalue weighted by Crippen LogP contribution is 2.39. The van der Waals surface area contributed by atoms with E-state index in [1.54, 1.807) is 0 Å². The van der Waals surface area contributed by atoms with E-state index in [4.69, 9.17) is 0 Å². The Morgan fingerprint density at radius 1 is 0.769 bits per heavy atom. The van der Waals surface area contributed by atoms with Gasteiger partial charge in [-0.3, -0.25) is 4.79 Å². The molecule has 0 radical (unpaired) electrons. The first-order chi connectivity index (χ1) is 19.1. The number of benzene rings is 3. The van der Waals surface area contributed by atoms with Gasteiger partial charge in [-0.05, 0) is 96.6 Å². The quantitative estimate of drug-likeness (QED) is 0.213. The van der Waals surface area contributed by atoms with Crippen molar-refractivity contribution in [2.45, 2.75) is 103 Å². The van der Waals surface area contributed by atoms with Crippen LogP contribution < -0.4 is 0 Å². The number of aryl methyl sites for hydroxylation is 1. The van der Waals surface area contributed by atoms with Crippen molar-refractivity contribution in [1.29, 1.82) is 0 Å². The third-order valence-corrected chi connectivity index (χ3v) is 9.06. The lowest BCUT2D eigenvalue weighted by atomic mass is 9.77. The fourth-order valence-corrected chi connectivity index (χ4v) is 6.47. The minimum absolute atomic E-state index is 0.224. The van der Waals surface area contributed by atoms with Gasteiger partial charge in [0, 0.05) is 0 Å². The van der Waals surface area contributed by atoms with Crippen molar-refractivity contribution in [3.05, 3.63) is 83.9 Å². The number of hydrogen-bond donors (Lipinski definition) is 1. The van der Waals surface area contributed by atoms with Crippen molar-refractivity contribution in [3.8, 4) is 22.3 Å². The second kappa shape index (κ2) is 15.1. The SMILES string of the molecule is CCCCCC[C@H]1CC[C@H](c2ccc(-c3ccccc3-c3ccc(CCCC(CC)C(=O)O)cc3)cc2)CC1. The van der Waals surface area contributed by atoms with E-state index in [0.717, 1.165) is 31.1 Å². The van der Waals surface area contributed by atoms with Crippen molar-refractivity contribution in [2.75, 3.05) is 0 Å². The summed E-state index contributed by atoms with van der Waals surface area (Å²) >= 11 is 0. The summed E-state index contributed by atoms with van der Waals surface area (Å²) in [7, 11) is 0. The highest BCUT2D eigenvalue weighted by atomic mass is 16.4. The van der Waals surface area contributed by atoms with Crippen LogP contribution in [0.1, 0.15) is 108 Å².